The molecule has 2 rings (SSSR count). The van der Waals surface area contributed by atoms with Gasteiger partial charge in [-0.1, -0.05) is 18.2 Å². The molecule has 2 nitrogen and oxygen atoms in total. The van der Waals surface area contributed by atoms with Gasteiger partial charge in [-0.25, -0.2) is 0 Å². The van der Waals surface area contributed by atoms with Crippen LogP contribution in [-0.2, 0) is 6.18 Å². The summed E-state index contributed by atoms with van der Waals surface area (Å²) in [6, 6.07) is 8.18. The molecule has 1 amide bonds. The van der Waals surface area contributed by atoms with Crippen molar-refractivity contribution in [2.45, 2.75) is 39.9 Å². The van der Waals surface area contributed by atoms with Gasteiger partial charge in [0.2, 0.25) is 0 Å². The zero-order valence-corrected chi connectivity index (χ0v) is 14.1. The fourth-order valence-corrected chi connectivity index (χ4v) is 2.64. The average molecular weight is 335 g/mol. The minimum atomic E-state index is -4.47. The van der Waals surface area contributed by atoms with Crippen LogP contribution < -0.4 is 5.32 Å². The van der Waals surface area contributed by atoms with E-state index >= 15 is 0 Å². The van der Waals surface area contributed by atoms with Gasteiger partial charge in [-0.05, 0) is 68.1 Å². The first-order valence-corrected chi connectivity index (χ1v) is 7.65. The molecular weight excluding hydrogens is 315 g/mol. The predicted molar refractivity (Wildman–Crippen MR) is 88.0 cm³/mol. The summed E-state index contributed by atoms with van der Waals surface area (Å²) in [7, 11) is 0. The van der Waals surface area contributed by atoms with E-state index in [1.807, 2.05) is 39.8 Å². The summed E-state index contributed by atoms with van der Waals surface area (Å²) in [5.41, 5.74) is 3.43. The average Bonchev–Trinajstić information content (AvgIpc) is 2.50. The summed E-state index contributed by atoms with van der Waals surface area (Å²) >= 11 is 0. The third-order valence-corrected chi connectivity index (χ3v) is 4.15. The van der Waals surface area contributed by atoms with Crippen molar-refractivity contribution in [1.82, 2.24) is 5.32 Å². The molecule has 0 aliphatic rings. The van der Waals surface area contributed by atoms with E-state index in [1.165, 1.54) is 12.1 Å². The summed E-state index contributed by atoms with van der Waals surface area (Å²) in [6.45, 7) is 7.77. The molecule has 0 saturated heterocycles. The molecule has 0 saturated carbocycles. The van der Waals surface area contributed by atoms with Crippen molar-refractivity contribution < 1.29 is 18.0 Å². The molecule has 2 aromatic rings. The smallest absolute Gasteiger partial charge is 0.346 e. The second kappa shape index (κ2) is 6.67. The number of carbonyl (C=O) groups excluding carboxylic acids is 1. The Balaban J connectivity index is 2.22. The maximum Gasteiger partial charge on any atom is 0.416 e. The second-order valence-electron chi connectivity index (χ2n) is 6.07. The van der Waals surface area contributed by atoms with Crippen molar-refractivity contribution in [3.8, 4) is 0 Å². The lowest BCUT2D eigenvalue weighted by Gasteiger charge is -2.19. The number of hydrogen-bond donors (Lipinski definition) is 1. The fourth-order valence-electron chi connectivity index (χ4n) is 2.64. The van der Waals surface area contributed by atoms with Gasteiger partial charge in [-0.3, -0.25) is 4.79 Å². The first-order valence-electron chi connectivity index (χ1n) is 7.65. The Kier molecular flexibility index (Phi) is 5.02. The van der Waals surface area contributed by atoms with Gasteiger partial charge in [0.25, 0.3) is 5.91 Å². The van der Waals surface area contributed by atoms with Gasteiger partial charge >= 0.3 is 6.18 Å². The lowest BCUT2D eigenvalue weighted by atomic mass is 9.96. The number of halogens is 3. The van der Waals surface area contributed by atoms with Crippen LogP contribution in [-0.4, -0.2) is 5.91 Å². The molecule has 0 aliphatic heterocycles. The molecule has 1 atom stereocenters. The van der Waals surface area contributed by atoms with Crippen LogP contribution in [0.25, 0.3) is 0 Å². The Morgan fingerprint density at radius 3 is 2.25 bits per heavy atom. The van der Waals surface area contributed by atoms with Crippen molar-refractivity contribution in [2.24, 2.45) is 0 Å². The van der Waals surface area contributed by atoms with Crippen molar-refractivity contribution in [3.05, 3.63) is 69.8 Å². The number of hydrogen-bond acceptors (Lipinski definition) is 1. The number of rotatable bonds is 3. The predicted octanol–water partition coefficient (Wildman–Crippen LogP) is 5.12. The molecular formula is C19H20F3NO. The number of carbonyl (C=O) groups is 1. The van der Waals surface area contributed by atoms with E-state index in [0.29, 0.717) is 0 Å². The van der Waals surface area contributed by atoms with Crippen LogP contribution in [0.15, 0.2) is 36.4 Å². The van der Waals surface area contributed by atoms with Crippen LogP contribution in [0.5, 0.6) is 0 Å². The van der Waals surface area contributed by atoms with Crippen LogP contribution in [0.1, 0.15) is 51.1 Å². The van der Waals surface area contributed by atoms with Crippen LogP contribution in [0.2, 0.25) is 0 Å². The number of benzene rings is 2. The van der Waals surface area contributed by atoms with E-state index in [9.17, 15) is 18.0 Å². The molecule has 0 unspecified atom stereocenters. The number of aryl methyl sites for hydroxylation is 3. The maximum absolute atomic E-state index is 12.8. The van der Waals surface area contributed by atoms with Gasteiger partial charge in [0, 0.05) is 5.56 Å². The molecule has 1 N–H and O–H groups in total. The number of nitrogens with one attached hydrogen (secondary N) is 1. The molecule has 0 bridgehead atoms. The molecule has 0 radical (unpaired) electrons. The summed E-state index contributed by atoms with van der Waals surface area (Å²) in [5.74, 6) is -0.522. The first kappa shape index (κ1) is 18.0. The topological polar surface area (TPSA) is 29.1 Å². The molecule has 24 heavy (non-hydrogen) atoms. The van der Waals surface area contributed by atoms with Crippen molar-refractivity contribution >= 4 is 5.91 Å². The fraction of sp³-hybridized carbons (Fsp3) is 0.316. The van der Waals surface area contributed by atoms with Gasteiger partial charge in [0.15, 0.2) is 0 Å². The Morgan fingerprint density at radius 2 is 1.62 bits per heavy atom. The Labute approximate surface area is 139 Å². The van der Waals surface area contributed by atoms with E-state index in [4.69, 9.17) is 0 Å². The minimum absolute atomic E-state index is 0.00170. The highest BCUT2D eigenvalue weighted by molar-refractivity contribution is 5.94. The molecule has 0 aliphatic carbocycles. The highest BCUT2D eigenvalue weighted by atomic mass is 19.4. The third kappa shape index (κ3) is 3.96. The van der Waals surface area contributed by atoms with Gasteiger partial charge in [-0.15, -0.1) is 0 Å². The number of amides is 1. The molecule has 0 spiro atoms. The van der Waals surface area contributed by atoms with Gasteiger partial charge in [0.05, 0.1) is 11.6 Å². The minimum Gasteiger partial charge on any atom is -0.346 e. The Bertz CT molecular complexity index is 766. The van der Waals surface area contributed by atoms with E-state index in [-0.39, 0.29) is 11.6 Å². The van der Waals surface area contributed by atoms with Crippen LogP contribution in [0.3, 0.4) is 0 Å². The van der Waals surface area contributed by atoms with E-state index in [1.54, 1.807) is 0 Å². The van der Waals surface area contributed by atoms with Crippen LogP contribution in [0, 0.1) is 20.8 Å². The molecule has 0 fully saturated rings. The monoisotopic (exact) mass is 335 g/mol. The van der Waals surface area contributed by atoms with Crippen LogP contribution >= 0.6 is 0 Å². The third-order valence-electron chi connectivity index (χ3n) is 4.15. The highest BCUT2D eigenvalue weighted by Gasteiger charge is 2.31. The van der Waals surface area contributed by atoms with E-state index < -0.39 is 17.6 Å². The lowest BCUT2D eigenvalue weighted by molar-refractivity contribution is -0.137. The quantitative estimate of drug-likeness (QED) is 0.828. The highest BCUT2D eigenvalue weighted by Crippen LogP contribution is 2.29. The normalized spacial score (nSPS) is 12.8. The molecule has 5 heteroatoms. The van der Waals surface area contributed by atoms with Gasteiger partial charge in [0.1, 0.15) is 0 Å². The van der Waals surface area contributed by atoms with E-state index in [2.05, 4.69) is 5.32 Å². The van der Waals surface area contributed by atoms with Gasteiger partial charge in [-0.2, -0.15) is 13.2 Å². The zero-order valence-electron chi connectivity index (χ0n) is 14.1. The second-order valence-corrected chi connectivity index (χ2v) is 6.07. The standard InChI is InChI=1S/C19H20F3NO/c1-11-8-13(3)17(9-12(11)2)14(4)23-18(24)15-6-5-7-16(10-15)19(20,21)22/h5-10,14H,1-4H3,(H,23,24)/t14-/m0/s1. The van der Waals surface area contributed by atoms with Gasteiger partial charge < -0.3 is 5.32 Å². The lowest BCUT2D eigenvalue weighted by Crippen LogP contribution is -2.27. The summed E-state index contributed by atoms with van der Waals surface area (Å²) in [4.78, 5) is 12.3. The summed E-state index contributed by atoms with van der Waals surface area (Å²) in [5, 5.41) is 2.77. The summed E-state index contributed by atoms with van der Waals surface area (Å²) in [6.07, 6.45) is -4.47. The van der Waals surface area contributed by atoms with Crippen LogP contribution in [0.4, 0.5) is 13.2 Å². The molecule has 2 aromatic carbocycles. The summed E-state index contributed by atoms with van der Waals surface area (Å²) < 4.78 is 38.3. The SMILES string of the molecule is Cc1cc(C)c([C@H](C)NC(=O)c2cccc(C(F)(F)F)c2)cc1C. The van der Waals surface area contributed by atoms with Crippen molar-refractivity contribution in [2.75, 3.05) is 0 Å². The van der Waals surface area contributed by atoms with Crippen molar-refractivity contribution in [3.63, 3.8) is 0 Å². The maximum atomic E-state index is 12.8. The Morgan fingerprint density at radius 1 is 1.00 bits per heavy atom. The molecule has 0 heterocycles. The largest absolute Gasteiger partial charge is 0.416 e. The van der Waals surface area contributed by atoms with E-state index in [0.717, 1.165) is 34.4 Å². The number of alkyl halides is 3. The molecule has 0 aromatic heterocycles. The molecule has 128 valence electrons. The zero-order chi connectivity index (χ0) is 18.1. The van der Waals surface area contributed by atoms with Crippen molar-refractivity contribution in [1.29, 1.82) is 0 Å². The first-order chi connectivity index (χ1) is 11.1. The Hall–Kier alpha value is -2.30.